The lowest BCUT2D eigenvalue weighted by Gasteiger charge is -2.04. The van der Waals surface area contributed by atoms with E-state index in [0.717, 1.165) is 22.0 Å². The molecule has 24 heavy (non-hydrogen) atoms. The molecule has 0 saturated heterocycles. The number of fused-ring (bicyclic) bond motifs is 2. The van der Waals surface area contributed by atoms with Crippen molar-refractivity contribution in [3.63, 3.8) is 0 Å². The van der Waals surface area contributed by atoms with Gasteiger partial charge in [0.15, 0.2) is 0 Å². The molecule has 3 aromatic rings. The Morgan fingerprint density at radius 1 is 1.21 bits per heavy atom. The van der Waals surface area contributed by atoms with Crippen LogP contribution in [0.5, 0.6) is 0 Å². The highest BCUT2D eigenvalue weighted by Gasteiger charge is 2.24. The Balaban J connectivity index is 1.74. The number of aromatic amines is 1. The zero-order valence-corrected chi connectivity index (χ0v) is 12.9. The van der Waals surface area contributed by atoms with Crippen LogP contribution in [0, 0.1) is 0 Å². The molecule has 0 saturated carbocycles. The predicted molar refractivity (Wildman–Crippen MR) is 93.3 cm³/mol. The largest absolute Gasteiger partial charge is 0.326 e. The third-order valence-corrected chi connectivity index (χ3v) is 3.90. The molecule has 0 spiro atoms. The molecule has 0 aliphatic carbocycles. The molecule has 6 heteroatoms. The molecule has 2 heterocycles. The normalized spacial score (nSPS) is 14.7. The predicted octanol–water partition coefficient (Wildman–Crippen LogP) is 3.01. The fourth-order valence-corrected chi connectivity index (χ4v) is 2.83. The second kappa shape index (κ2) is 5.34. The molecule has 0 atom stereocenters. The number of nitrogens with one attached hydrogen (secondary N) is 3. The minimum Gasteiger partial charge on any atom is -0.326 e. The van der Waals surface area contributed by atoms with Crippen molar-refractivity contribution >= 4 is 45.7 Å². The number of amides is 2. The molecule has 1 aliphatic rings. The van der Waals surface area contributed by atoms with E-state index in [1.807, 2.05) is 30.3 Å². The third-order valence-electron chi connectivity index (χ3n) is 3.90. The number of hydrogen-bond donors (Lipinski definition) is 3. The second-order valence-corrected chi connectivity index (χ2v) is 5.67. The number of nitrogens with zero attached hydrogens (tertiary/aromatic N) is 1. The highest BCUT2D eigenvalue weighted by atomic mass is 16.2. The van der Waals surface area contributed by atoms with Gasteiger partial charge in [-0.05, 0) is 29.8 Å². The van der Waals surface area contributed by atoms with Crippen molar-refractivity contribution in [1.82, 2.24) is 10.2 Å². The maximum absolute atomic E-state index is 12.3. The number of carbonyl (C=O) groups is 2. The van der Waals surface area contributed by atoms with Gasteiger partial charge in [0.25, 0.3) is 5.91 Å². The van der Waals surface area contributed by atoms with Crippen LogP contribution in [0.15, 0.2) is 42.6 Å². The molecule has 1 aromatic heterocycles. The molecule has 3 N–H and O–H groups in total. The van der Waals surface area contributed by atoms with E-state index in [0.29, 0.717) is 16.9 Å². The van der Waals surface area contributed by atoms with Gasteiger partial charge in [-0.25, -0.2) is 0 Å². The van der Waals surface area contributed by atoms with Gasteiger partial charge in [0, 0.05) is 29.1 Å². The Hall–Kier alpha value is -3.41. The molecule has 6 nitrogen and oxygen atoms in total. The summed E-state index contributed by atoms with van der Waals surface area (Å²) in [4.78, 5) is 23.4. The van der Waals surface area contributed by atoms with E-state index in [2.05, 4.69) is 20.8 Å². The summed E-state index contributed by atoms with van der Waals surface area (Å²) in [7, 11) is 0. The van der Waals surface area contributed by atoms with Crippen molar-refractivity contribution in [3.8, 4) is 0 Å². The Kier molecular flexibility index (Phi) is 3.16. The quantitative estimate of drug-likeness (QED) is 0.635. The Morgan fingerprint density at radius 3 is 2.92 bits per heavy atom. The van der Waals surface area contributed by atoms with Crippen molar-refractivity contribution in [2.45, 2.75) is 6.92 Å². The maximum atomic E-state index is 12.3. The van der Waals surface area contributed by atoms with E-state index in [4.69, 9.17) is 0 Å². The topological polar surface area (TPSA) is 86.9 Å². The lowest BCUT2D eigenvalue weighted by atomic mass is 10.0. The number of rotatable bonds is 2. The summed E-state index contributed by atoms with van der Waals surface area (Å²) >= 11 is 0. The monoisotopic (exact) mass is 318 g/mol. The number of benzene rings is 2. The van der Waals surface area contributed by atoms with Crippen molar-refractivity contribution in [2.75, 3.05) is 10.6 Å². The average molecular weight is 318 g/mol. The van der Waals surface area contributed by atoms with Crippen LogP contribution in [0.4, 0.5) is 11.4 Å². The van der Waals surface area contributed by atoms with E-state index < -0.39 is 0 Å². The highest BCUT2D eigenvalue weighted by molar-refractivity contribution is 6.35. The maximum Gasteiger partial charge on any atom is 0.256 e. The molecule has 118 valence electrons. The van der Waals surface area contributed by atoms with Crippen LogP contribution in [0.1, 0.15) is 18.1 Å². The third kappa shape index (κ3) is 2.44. The van der Waals surface area contributed by atoms with Crippen molar-refractivity contribution in [2.24, 2.45) is 0 Å². The Labute approximate surface area is 137 Å². The van der Waals surface area contributed by atoms with Gasteiger partial charge in [0.1, 0.15) is 0 Å². The summed E-state index contributed by atoms with van der Waals surface area (Å²) in [5.41, 5.74) is 4.60. The first-order valence-corrected chi connectivity index (χ1v) is 7.48. The number of carbonyl (C=O) groups excluding carboxylic acids is 2. The van der Waals surface area contributed by atoms with E-state index in [1.54, 1.807) is 18.3 Å². The lowest BCUT2D eigenvalue weighted by molar-refractivity contribution is -0.114. The lowest BCUT2D eigenvalue weighted by Crippen LogP contribution is -2.06. The van der Waals surface area contributed by atoms with Crippen LogP contribution in [0.2, 0.25) is 0 Å². The summed E-state index contributed by atoms with van der Waals surface area (Å²) in [5.74, 6) is -0.308. The van der Waals surface area contributed by atoms with E-state index in [-0.39, 0.29) is 11.8 Å². The average Bonchev–Trinajstić information content (AvgIpc) is 3.11. The molecule has 0 fully saturated rings. The van der Waals surface area contributed by atoms with Gasteiger partial charge in [-0.2, -0.15) is 5.10 Å². The van der Waals surface area contributed by atoms with E-state index >= 15 is 0 Å². The SMILES string of the molecule is CC(=O)Nc1ccc2c(c1)NC(=O)C2=Cc1ccc2cn[nH]c2c1. The van der Waals surface area contributed by atoms with Crippen molar-refractivity contribution < 1.29 is 9.59 Å². The van der Waals surface area contributed by atoms with Crippen LogP contribution in [0.25, 0.3) is 22.6 Å². The molecule has 0 bridgehead atoms. The Bertz CT molecular complexity index is 1020. The van der Waals surface area contributed by atoms with Gasteiger partial charge in [0.2, 0.25) is 5.91 Å². The number of aromatic nitrogens is 2. The molecule has 4 rings (SSSR count). The van der Waals surface area contributed by atoms with Gasteiger partial charge in [-0.15, -0.1) is 0 Å². The molecular weight excluding hydrogens is 304 g/mol. The molecular formula is C18H14N4O2. The second-order valence-electron chi connectivity index (χ2n) is 5.67. The zero-order valence-electron chi connectivity index (χ0n) is 12.9. The zero-order chi connectivity index (χ0) is 16.7. The minimum absolute atomic E-state index is 0.150. The van der Waals surface area contributed by atoms with Gasteiger partial charge in [-0.3, -0.25) is 14.7 Å². The van der Waals surface area contributed by atoms with Crippen molar-refractivity contribution in [3.05, 3.63) is 53.7 Å². The summed E-state index contributed by atoms with van der Waals surface area (Å²) in [6, 6.07) is 11.2. The van der Waals surface area contributed by atoms with Crippen LogP contribution in [-0.2, 0) is 9.59 Å². The smallest absolute Gasteiger partial charge is 0.256 e. The summed E-state index contributed by atoms with van der Waals surface area (Å²) in [5, 5.41) is 13.5. The minimum atomic E-state index is -0.158. The number of H-pyrrole nitrogens is 1. The summed E-state index contributed by atoms with van der Waals surface area (Å²) in [6.45, 7) is 1.45. The van der Waals surface area contributed by atoms with Gasteiger partial charge < -0.3 is 10.6 Å². The van der Waals surface area contributed by atoms with Crippen LogP contribution < -0.4 is 10.6 Å². The molecule has 0 unspecified atom stereocenters. The molecule has 0 radical (unpaired) electrons. The van der Waals surface area contributed by atoms with Crippen molar-refractivity contribution in [1.29, 1.82) is 0 Å². The molecule has 1 aliphatic heterocycles. The number of hydrogen-bond acceptors (Lipinski definition) is 3. The highest BCUT2D eigenvalue weighted by Crippen LogP contribution is 2.35. The Morgan fingerprint density at radius 2 is 2.08 bits per heavy atom. The fourth-order valence-electron chi connectivity index (χ4n) is 2.83. The van der Waals surface area contributed by atoms with Gasteiger partial charge in [-0.1, -0.05) is 18.2 Å². The van der Waals surface area contributed by atoms with Crippen LogP contribution >= 0.6 is 0 Å². The number of anilines is 2. The summed E-state index contributed by atoms with van der Waals surface area (Å²) in [6.07, 6.45) is 3.60. The first kappa shape index (κ1) is 14.2. The van der Waals surface area contributed by atoms with Gasteiger partial charge >= 0.3 is 0 Å². The first-order valence-electron chi connectivity index (χ1n) is 7.48. The van der Waals surface area contributed by atoms with Crippen LogP contribution in [0.3, 0.4) is 0 Å². The first-order chi connectivity index (χ1) is 11.6. The van der Waals surface area contributed by atoms with Gasteiger partial charge in [0.05, 0.1) is 17.4 Å². The molecule has 2 aromatic carbocycles. The fraction of sp³-hybridized carbons (Fsp3) is 0.0556. The molecule has 2 amide bonds. The van der Waals surface area contributed by atoms with E-state index in [1.165, 1.54) is 6.92 Å². The summed E-state index contributed by atoms with van der Waals surface area (Å²) < 4.78 is 0. The van der Waals surface area contributed by atoms with E-state index in [9.17, 15) is 9.59 Å². The van der Waals surface area contributed by atoms with Crippen LogP contribution in [-0.4, -0.2) is 22.0 Å². The standard InChI is InChI=1S/C18H14N4O2/c1-10(23)20-13-4-5-14-15(18(24)21-17(14)8-13)6-11-2-3-12-9-19-22-16(12)7-11/h2-9H,1H3,(H,19,22)(H,20,23)(H,21,24).